The molecule has 0 saturated carbocycles. The Balaban J connectivity index is 1.75. The lowest BCUT2D eigenvalue weighted by atomic mass is 9.78. The summed E-state index contributed by atoms with van der Waals surface area (Å²) in [5.41, 5.74) is -2.31. The van der Waals surface area contributed by atoms with Crippen LogP contribution in [-0.2, 0) is 9.59 Å². The van der Waals surface area contributed by atoms with Crippen molar-refractivity contribution in [1.82, 2.24) is 10.6 Å². The van der Waals surface area contributed by atoms with E-state index in [2.05, 4.69) is 10.6 Å². The molecule has 4 aromatic carbocycles. The van der Waals surface area contributed by atoms with Crippen molar-refractivity contribution in [2.75, 3.05) is 0 Å². The van der Waals surface area contributed by atoms with Crippen molar-refractivity contribution >= 4 is 33.4 Å². The van der Waals surface area contributed by atoms with E-state index in [1.165, 1.54) is 0 Å². The van der Waals surface area contributed by atoms with Crippen LogP contribution in [0.15, 0.2) is 84.9 Å². The highest BCUT2D eigenvalue weighted by molar-refractivity contribution is 6.05. The fourth-order valence-electron chi connectivity index (χ4n) is 7.29. The molecular weight excluding hydrogens is 584 g/mol. The van der Waals surface area contributed by atoms with E-state index >= 15 is 0 Å². The molecule has 0 unspecified atom stereocenters. The average Bonchev–Trinajstić information content (AvgIpc) is 3.05. The topological polar surface area (TPSA) is 98.7 Å². The van der Waals surface area contributed by atoms with Crippen molar-refractivity contribution in [3.8, 4) is 0 Å². The summed E-state index contributed by atoms with van der Waals surface area (Å²) in [7, 11) is 0. The van der Waals surface area contributed by atoms with E-state index < -0.39 is 40.5 Å². The Morgan fingerprint density at radius 1 is 0.553 bits per heavy atom. The highest BCUT2D eigenvalue weighted by Crippen LogP contribution is 2.40. The molecule has 0 bridgehead atoms. The van der Waals surface area contributed by atoms with Crippen LogP contribution in [0, 0.1) is 5.41 Å². The molecule has 0 saturated heterocycles. The minimum Gasteiger partial charge on any atom is -0.387 e. The number of rotatable bonds is 16. The largest absolute Gasteiger partial charge is 0.387 e. The van der Waals surface area contributed by atoms with Crippen LogP contribution in [0.1, 0.15) is 116 Å². The summed E-state index contributed by atoms with van der Waals surface area (Å²) >= 11 is 0. The SMILES string of the molecule is CCCC(O)(CCC)[C@H](NC(=O)C(C)(C)C(=O)N[C@H](c1cccc2ccccc12)C(O)(CCC)CCC)c1cccc2ccccc12. The lowest BCUT2D eigenvalue weighted by Crippen LogP contribution is -2.55. The fraction of sp³-hybridized carbons (Fsp3) is 0.463. The van der Waals surface area contributed by atoms with Crippen molar-refractivity contribution in [2.45, 2.75) is 116 Å². The smallest absolute Gasteiger partial charge is 0.235 e. The van der Waals surface area contributed by atoms with Crippen molar-refractivity contribution in [2.24, 2.45) is 5.41 Å². The number of carbonyl (C=O) groups excluding carboxylic acids is 2. The molecule has 252 valence electrons. The van der Waals surface area contributed by atoms with Gasteiger partial charge in [-0.15, -0.1) is 0 Å². The molecule has 6 nitrogen and oxygen atoms in total. The Labute approximate surface area is 281 Å². The average molecular weight is 639 g/mol. The number of hydrogen-bond acceptors (Lipinski definition) is 4. The van der Waals surface area contributed by atoms with Crippen LogP contribution in [0.4, 0.5) is 0 Å². The van der Waals surface area contributed by atoms with Gasteiger partial charge in [0.1, 0.15) is 5.41 Å². The first-order valence-corrected chi connectivity index (χ1v) is 17.5. The van der Waals surface area contributed by atoms with Gasteiger partial charge in [0.05, 0.1) is 23.3 Å². The number of fused-ring (bicyclic) bond motifs is 2. The van der Waals surface area contributed by atoms with Crippen LogP contribution in [0.5, 0.6) is 0 Å². The molecule has 0 fully saturated rings. The van der Waals surface area contributed by atoms with Crippen molar-refractivity contribution in [3.05, 3.63) is 96.1 Å². The second kappa shape index (κ2) is 15.4. The number of aliphatic hydroxyl groups is 2. The van der Waals surface area contributed by atoms with Gasteiger partial charge in [-0.2, -0.15) is 0 Å². The van der Waals surface area contributed by atoms with Crippen molar-refractivity contribution < 1.29 is 19.8 Å². The molecule has 47 heavy (non-hydrogen) atoms. The van der Waals surface area contributed by atoms with E-state index in [0.29, 0.717) is 25.7 Å². The zero-order valence-electron chi connectivity index (χ0n) is 29.1. The van der Waals surface area contributed by atoms with E-state index in [0.717, 1.165) is 58.4 Å². The van der Waals surface area contributed by atoms with Gasteiger partial charge < -0.3 is 20.8 Å². The molecule has 2 amide bonds. The molecule has 4 aromatic rings. The van der Waals surface area contributed by atoms with E-state index in [1.54, 1.807) is 13.8 Å². The lowest BCUT2D eigenvalue weighted by molar-refractivity contribution is -0.145. The molecule has 0 aliphatic heterocycles. The first-order valence-electron chi connectivity index (χ1n) is 17.5. The van der Waals surface area contributed by atoms with E-state index in [9.17, 15) is 19.8 Å². The van der Waals surface area contributed by atoms with Gasteiger partial charge >= 0.3 is 0 Å². The normalized spacial score (nSPS) is 13.8. The van der Waals surface area contributed by atoms with E-state index in [4.69, 9.17) is 0 Å². The Morgan fingerprint density at radius 2 is 0.872 bits per heavy atom. The predicted octanol–water partition coefficient (Wildman–Crippen LogP) is 8.70. The summed E-state index contributed by atoms with van der Waals surface area (Å²) in [6.07, 6.45) is 4.90. The minimum atomic E-state index is -1.52. The third-order valence-electron chi connectivity index (χ3n) is 9.76. The van der Waals surface area contributed by atoms with Gasteiger partial charge in [-0.05, 0) is 72.2 Å². The maximum absolute atomic E-state index is 14.4. The summed E-state index contributed by atoms with van der Waals surface area (Å²) in [6, 6.07) is 26.3. The molecule has 0 radical (unpaired) electrons. The monoisotopic (exact) mass is 638 g/mol. The summed E-state index contributed by atoms with van der Waals surface area (Å²) in [4.78, 5) is 28.7. The van der Waals surface area contributed by atoms with Crippen LogP contribution in [-0.4, -0.2) is 33.2 Å². The highest BCUT2D eigenvalue weighted by atomic mass is 16.3. The maximum Gasteiger partial charge on any atom is 0.235 e. The zero-order chi connectivity index (χ0) is 34.2. The first-order chi connectivity index (χ1) is 22.5. The molecule has 2 atom stereocenters. The Bertz CT molecular complexity index is 1520. The van der Waals surface area contributed by atoms with Gasteiger partial charge in [-0.3, -0.25) is 9.59 Å². The number of nitrogens with one attached hydrogen (secondary N) is 2. The number of carbonyl (C=O) groups is 2. The third-order valence-corrected chi connectivity index (χ3v) is 9.76. The van der Waals surface area contributed by atoms with Gasteiger partial charge in [0.15, 0.2) is 0 Å². The van der Waals surface area contributed by atoms with Gasteiger partial charge in [-0.25, -0.2) is 0 Å². The van der Waals surface area contributed by atoms with E-state index in [-0.39, 0.29) is 0 Å². The molecular formula is C41H54N2O4. The summed E-state index contributed by atoms with van der Waals surface area (Å²) in [5, 5.41) is 34.7. The second-order valence-corrected chi connectivity index (χ2v) is 13.8. The molecule has 4 N–H and O–H groups in total. The third kappa shape index (κ3) is 7.71. The van der Waals surface area contributed by atoms with Crippen molar-refractivity contribution in [3.63, 3.8) is 0 Å². The fourth-order valence-corrected chi connectivity index (χ4v) is 7.29. The van der Waals surface area contributed by atoms with Crippen LogP contribution >= 0.6 is 0 Å². The molecule has 0 aliphatic rings. The van der Waals surface area contributed by atoms with Crippen LogP contribution in [0.25, 0.3) is 21.5 Å². The van der Waals surface area contributed by atoms with Gasteiger partial charge in [0, 0.05) is 0 Å². The van der Waals surface area contributed by atoms with E-state index in [1.807, 2.05) is 113 Å². The second-order valence-electron chi connectivity index (χ2n) is 13.8. The molecule has 0 heterocycles. The Kier molecular flexibility index (Phi) is 11.9. The van der Waals surface area contributed by atoms with Gasteiger partial charge in [-0.1, -0.05) is 138 Å². The van der Waals surface area contributed by atoms with Crippen LogP contribution in [0.2, 0.25) is 0 Å². The highest BCUT2D eigenvalue weighted by Gasteiger charge is 2.46. The molecule has 6 heteroatoms. The van der Waals surface area contributed by atoms with Gasteiger partial charge in [0.25, 0.3) is 0 Å². The number of hydrogen-bond donors (Lipinski definition) is 4. The molecule has 0 spiro atoms. The summed E-state index contributed by atoms with van der Waals surface area (Å²) < 4.78 is 0. The first kappa shape index (κ1) is 36.1. The Hall–Kier alpha value is -3.74. The maximum atomic E-state index is 14.4. The molecule has 4 rings (SSSR count). The van der Waals surface area contributed by atoms with Gasteiger partial charge in [0.2, 0.25) is 11.8 Å². The molecule has 0 aromatic heterocycles. The quantitative estimate of drug-likeness (QED) is 0.0923. The van der Waals surface area contributed by atoms with Crippen molar-refractivity contribution in [1.29, 1.82) is 0 Å². The summed E-state index contributed by atoms with van der Waals surface area (Å²) in [6.45, 7) is 11.4. The Morgan fingerprint density at radius 3 is 1.21 bits per heavy atom. The number of amides is 2. The standard InChI is InChI=1S/C41H54N2O4/c1-7-25-40(46,26-8-2)35(33-23-15-19-29-17-11-13-21-31(29)33)42-37(44)39(5,6)38(45)43-36(41(47,27-9-3)28-10-4)34-24-16-20-30-18-12-14-22-32(30)34/h11-24,35-36,46-47H,7-10,25-28H2,1-6H3,(H,42,44)(H,43,45)/t35-,36-/m1/s1. The lowest BCUT2D eigenvalue weighted by Gasteiger charge is -2.41. The summed E-state index contributed by atoms with van der Waals surface area (Å²) in [5.74, 6) is -0.963. The number of benzene rings is 4. The minimum absolute atomic E-state index is 0.482. The zero-order valence-corrected chi connectivity index (χ0v) is 29.1. The molecule has 0 aliphatic carbocycles. The van der Waals surface area contributed by atoms with Crippen LogP contribution < -0.4 is 10.6 Å². The predicted molar refractivity (Wildman–Crippen MR) is 193 cm³/mol. The van der Waals surface area contributed by atoms with Crippen LogP contribution in [0.3, 0.4) is 0 Å².